The van der Waals surface area contributed by atoms with Crippen molar-refractivity contribution in [3.05, 3.63) is 64.2 Å². The summed E-state index contributed by atoms with van der Waals surface area (Å²) < 4.78 is 0. The van der Waals surface area contributed by atoms with Crippen LogP contribution in [0.2, 0.25) is 5.02 Å². The highest BCUT2D eigenvalue weighted by molar-refractivity contribution is 6.30. The third-order valence-corrected chi connectivity index (χ3v) is 3.61. The van der Waals surface area contributed by atoms with Crippen LogP contribution in [0.1, 0.15) is 42.3 Å². The second kappa shape index (κ2) is 6.84. The number of amides is 1. The lowest BCUT2D eigenvalue weighted by Gasteiger charge is -2.18. The maximum Gasteiger partial charge on any atom is 0.271 e. The predicted molar refractivity (Wildman–Crippen MR) is 93.3 cm³/mol. The number of benzene rings is 2. The van der Waals surface area contributed by atoms with Gasteiger partial charge in [-0.3, -0.25) is 4.79 Å². The van der Waals surface area contributed by atoms with Gasteiger partial charge in [0.15, 0.2) is 0 Å². The van der Waals surface area contributed by atoms with Gasteiger partial charge in [-0.15, -0.1) is 0 Å². The van der Waals surface area contributed by atoms with E-state index in [4.69, 9.17) is 11.6 Å². The van der Waals surface area contributed by atoms with Crippen LogP contribution in [0.3, 0.4) is 0 Å². The predicted octanol–water partition coefficient (Wildman–Crippen LogP) is 4.11. The molecule has 0 saturated heterocycles. The molecule has 0 aromatic heterocycles. The maximum absolute atomic E-state index is 12.0. The van der Waals surface area contributed by atoms with Gasteiger partial charge in [-0.1, -0.05) is 44.5 Å². The smallest absolute Gasteiger partial charge is 0.271 e. The van der Waals surface area contributed by atoms with Gasteiger partial charge in [0, 0.05) is 16.1 Å². The first kappa shape index (κ1) is 17.0. The first-order valence-corrected chi connectivity index (χ1v) is 7.57. The summed E-state index contributed by atoms with van der Waals surface area (Å²) in [4.78, 5) is 12.0. The first-order chi connectivity index (χ1) is 10.8. The van der Waals surface area contributed by atoms with Crippen LogP contribution in [-0.4, -0.2) is 17.2 Å². The van der Waals surface area contributed by atoms with Crippen molar-refractivity contribution in [2.45, 2.75) is 26.2 Å². The number of carbonyl (C=O) groups excluding carboxylic acids is 1. The zero-order valence-electron chi connectivity index (χ0n) is 13.3. The van der Waals surface area contributed by atoms with Crippen molar-refractivity contribution in [1.29, 1.82) is 0 Å². The molecule has 0 aliphatic carbocycles. The van der Waals surface area contributed by atoms with E-state index in [0.717, 1.165) is 5.56 Å². The number of hydrogen-bond acceptors (Lipinski definition) is 3. The van der Waals surface area contributed by atoms with E-state index in [1.54, 1.807) is 24.3 Å². The van der Waals surface area contributed by atoms with E-state index in [1.807, 2.05) is 12.1 Å². The second-order valence-electron chi connectivity index (χ2n) is 6.23. The number of hydrogen-bond donors (Lipinski definition) is 2. The van der Waals surface area contributed by atoms with Gasteiger partial charge in [0.1, 0.15) is 5.75 Å². The molecule has 0 atom stereocenters. The molecule has 4 nitrogen and oxygen atoms in total. The van der Waals surface area contributed by atoms with E-state index in [2.05, 4.69) is 31.3 Å². The Morgan fingerprint density at radius 2 is 1.83 bits per heavy atom. The minimum absolute atomic E-state index is 0.0390. The number of hydrazone groups is 1. The van der Waals surface area contributed by atoms with Crippen molar-refractivity contribution < 1.29 is 9.90 Å². The molecule has 1 amide bonds. The van der Waals surface area contributed by atoms with E-state index < -0.39 is 0 Å². The highest BCUT2D eigenvalue weighted by atomic mass is 35.5. The number of aromatic hydroxyl groups is 1. The van der Waals surface area contributed by atoms with Crippen molar-refractivity contribution >= 4 is 23.7 Å². The SMILES string of the molecule is CC(C)(C)c1ccc(C(=O)NN=Cc2cc(Cl)ccc2O)cc1. The van der Waals surface area contributed by atoms with Gasteiger partial charge in [0.25, 0.3) is 5.91 Å². The molecular formula is C18H19ClN2O2. The highest BCUT2D eigenvalue weighted by Crippen LogP contribution is 2.22. The van der Waals surface area contributed by atoms with Crippen LogP contribution < -0.4 is 5.43 Å². The molecule has 0 aliphatic rings. The summed E-state index contributed by atoms with van der Waals surface area (Å²) in [5.74, 6) is -0.273. The largest absolute Gasteiger partial charge is 0.507 e. The van der Waals surface area contributed by atoms with Gasteiger partial charge in [-0.05, 0) is 41.3 Å². The van der Waals surface area contributed by atoms with Crippen molar-refractivity contribution in [2.24, 2.45) is 5.10 Å². The van der Waals surface area contributed by atoms with E-state index >= 15 is 0 Å². The Labute approximate surface area is 140 Å². The Morgan fingerprint density at radius 3 is 2.43 bits per heavy atom. The fourth-order valence-corrected chi connectivity index (χ4v) is 2.16. The van der Waals surface area contributed by atoms with E-state index in [0.29, 0.717) is 16.1 Å². The lowest BCUT2D eigenvalue weighted by Crippen LogP contribution is -2.18. The molecule has 2 rings (SSSR count). The second-order valence-corrected chi connectivity index (χ2v) is 6.67. The number of halogens is 1. The topological polar surface area (TPSA) is 61.7 Å². The molecule has 5 heteroatoms. The zero-order chi connectivity index (χ0) is 17.0. The summed E-state index contributed by atoms with van der Waals surface area (Å²) in [6.45, 7) is 6.34. The summed E-state index contributed by atoms with van der Waals surface area (Å²) in [7, 11) is 0. The van der Waals surface area contributed by atoms with Crippen LogP contribution in [-0.2, 0) is 5.41 Å². The zero-order valence-corrected chi connectivity index (χ0v) is 14.1. The standard InChI is InChI=1S/C18H19ClN2O2/c1-18(2,3)14-6-4-12(5-7-14)17(23)21-20-11-13-10-15(19)8-9-16(13)22/h4-11,22H,1-3H3,(H,21,23). The van der Waals surface area contributed by atoms with E-state index in [-0.39, 0.29) is 17.1 Å². The monoisotopic (exact) mass is 330 g/mol. The Morgan fingerprint density at radius 1 is 1.17 bits per heavy atom. The number of carbonyl (C=O) groups is 1. The molecule has 0 radical (unpaired) electrons. The minimum Gasteiger partial charge on any atom is -0.507 e. The third kappa shape index (κ3) is 4.57. The Bertz CT molecular complexity index is 732. The van der Waals surface area contributed by atoms with Gasteiger partial charge >= 0.3 is 0 Å². The fraction of sp³-hybridized carbons (Fsp3) is 0.222. The van der Waals surface area contributed by atoms with Gasteiger partial charge < -0.3 is 5.11 Å². The first-order valence-electron chi connectivity index (χ1n) is 7.20. The average molecular weight is 331 g/mol. The van der Waals surface area contributed by atoms with Crippen molar-refractivity contribution in [3.8, 4) is 5.75 Å². The van der Waals surface area contributed by atoms with Crippen LogP contribution in [0.15, 0.2) is 47.6 Å². The quantitative estimate of drug-likeness (QED) is 0.657. The molecule has 23 heavy (non-hydrogen) atoms. The van der Waals surface area contributed by atoms with Crippen LogP contribution >= 0.6 is 11.6 Å². The number of nitrogens with zero attached hydrogens (tertiary/aromatic N) is 1. The lowest BCUT2D eigenvalue weighted by atomic mass is 9.87. The molecule has 0 aliphatic heterocycles. The maximum atomic E-state index is 12.0. The molecule has 120 valence electrons. The van der Waals surface area contributed by atoms with Crippen LogP contribution in [0, 0.1) is 0 Å². The molecule has 2 aromatic carbocycles. The minimum atomic E-state index is -0.316. The highest BCUT2D eigenvalue weighted by Gasteiger charge is 2.14. The molecule has 2 N–H and O–H groups in total. The van der Waals surface area contributed by atoms with Crippen molar-refractivity contribution in [3.63, 3.8) is 0 Å². The lowest BCUT2D eigenvalue weighted by molar-refractivity contribution is 0.0955. The van der Waals surface area contributed by atoms with Gasteiger partial charge in [0.2, 0.25) is 0 Å². The molecule has 0 heterocycles. The molecular weight excluding hydrogens is 312 g/mol. The van der Waals surface area contributed by atoms with Crippen LogP contribution in [0.25, 0.3) is 0 Å². The van der Waals surface area contributed by atoms with Crippen molar-refractivity contribution in [2.75, 3.05) is 0 Å². The van der Waals surface area contributed by atoms with E-state index in [9.17, 15) is 9.90 Å². The summed E-state index contributed by atoms with van der Waals surface area (Å²) in [5.41, 5.74) is 4.57. The van der Waals surface area contributed by atoms with Crippen LogP contribution in [0.5, 0.6) is 5.75 Å². The van der Waals surface area contributed by atoms with Crippen molar-refractivity contribution in [1.82, 2.24) is 5.43 Å². The fourth-order valence-electron chi connectivity index (χ4n) is 1.98. The normalized spacial score (nSPS) is 11.7. The average Bonchev–Trinajstić information content (AvgIpc) is 2.50. The van der Waals surface area contributed by atoms with Gasteiger partial charge in [-0.2, -0.15) is 5.10 Å². The number of nitrogens with one attached hydrogen (secondary N) is 1. The molecule has 0 fully saturated rings. The number of phenolic OH excluding ortho intramolecular Hbond substituents is 1. The van der Waals surface area contributed by atoms with Crippen LogP contribution in [0.4, 0.5) is 0 Å². The Kier molecular flexibility index (Phi) is 5.06. The summed E-state index contributed by atoms with van der Waals surface area (Å²) in [6.07, 6.45) is 1.35. The molecule has 0 saturated carbocycles. The van der Waals surface area contributed by atoms with Gasteiger partial charge in [-0.25, -0.2) is 5.43 Å². The molecule has 2 aromatic rings. The Balaban J connectivity index is 2.05. The Hall–Kier alpha value is -2.33. The third-order valence-electron chi connectivity index (χ3n) is 3.37. The number of rotatable bonds is 3. The molecule has 0 spiro atoms. The summed E-state index contributed by atoms with van der Waals surface area (Å²) in [6, 6.07) is 12.0. The van der Waals surface area contributed by atoms with E-state index in [1.165, 1.54) is 12.3 Å². The number of phenols is 1. The molecule has 0 bridgehead atoms. The van der Waals surface area contributed by atoms with Gasteiger partial charge in [0.05, 0.1) is 6.21 Å². The molecule has 0 unspecified atom stereocenters. The summed E-state index contributed by atoms with van der Waals surface area (Å²) in [5, 5.41) is 14.0. The summed E-state index contributed by atoms with van der Waals surface area (Å²) >= 11 is 5.85.